The van der Waals surface area contributed by atoms with Gasteiger partial charge in [-0.3, -0.25) is 9.59 Å². The molecule has 128 valence electrons. The van der Waals surface area contributed by atoms with Gasteiger partial charge < -0.3 is 14.5 Å². The van der Waals surface area contributed by atoms with Gasteiger partial charge in [-0.25, -0.2) is 4.98 Å². The fourth-order valence-corrected chi connectivity index (χ4v) is 3.34. The molecule has 6 heteroatoms. The van der Waals surface area contributed by atoms with Crippen LogP contribution in [0.1, 0.15) is 17.7 Å². The lowest BCUT2D eigenvalue weighted by atomic mass is 10.0. The van der Waals surface area contributed by atoms with Gasteiger partial charge in [-0.2, -0.15) is 0 Å². The average molecular weight is 337 g/mol. The van der Waals surface area contributed by atoms with Gasteiger partial charge in [0, 0.05) is 17.8 Å². The van der Waals surface area contributed by atoms with Crippen LogP contribution in [0.3, 0.4) is 0 Å². The quantitative estimate of drug-likeness (QED) is 0.842. The van der Waals surface area contributed by atoms with E-state index in [1.54, 1.807) is 9.80 Å². The monoisotopic (exact) mass is 337 g/mol. The summed E-state index contributed by atoms with van der Waals surface area (Å²) in [6.45, 7) is 2.77. The predicted octanol–water partition coefficient (Wildman–Crippen LogP) is 2.09. The van der Waals surface area contributed by atoms with Crippen LogP contribution in [0.15, 0.2) is 36.4 Å². The zero-order valence-corrected chi connectivity index (χ0v) is 14.1. The number of carbonyl (C=O) groups excluding carboxylic acids is 2. The summed E-state index contributed by atoms with van der Waals surface area (Å²) in [4.78, 5) is 32.9. The van der Waals surface area contributed by atoms with Crippen LogP contribution in [0.5, 0.6) is 5.88 Å². The molecular formula is C19H19N3O3. The molecule has 1 aromatic heterocycles. The van der Waals surface area contributed by atoms with Crippen LogP contribution in [0.25, 0.3) is 0 Å². The number of aromatic nitrogens is 1. The van der Waals surface area contributed by atoms with E-state index in [9.17, 15) is 9.59 Å². The maximum atomic E-state index is 12.9. The van der Waals surface area contributed by atoms with E-state index in [1.807, 2.05) is 43.3 Å². The van der Waals surface area contributed by atoms with Crippen molar-refractivity contribution < 1.29 is 14.3 Å². The van der Waals surface area contributed by atoms with Crippen LogP contribution >= 0.6 is 0 Å². The van der Waals surface area contributed by atoms with Crippen LogP contribution in [-0.4, -0.2) is 36.5 Å². The molecule has 0 saturated carbocycles. The van der Waals surface area contributed by atoms with E-state index in [4.69, 9.17) is 4.74 Å². The summed E-state index contributed by atoms with van der Waals surface area (Å²) in [6, 6.07) is 11.5. The second kappa shape index (κ2) is 6.20. The lowest BCUT2D eigenvalue weighted by Crippen LogP contribution is -2.47. The SMILES string of the molecule is Cc1ccc2c(n1)OCCN2C(=O)CN1C(=O)CCc2ccccc21. The van der Waals surface area contributed by atoms with Crippen LogP contribution in [0.2, 0.25) is 0 Å². The molecule has 0 N–H and O–H groups in total. The van der Waals surface area contributed by atoms with E-state index >= 15 is 0 Å². The Labute approximate surface area is 146 Å². The van der Waals surface area contributed by atoms with Gasteiger partial charge in [-0.1, -0.05) is 18.2 Å². The molecule has 6 nitrogen and oxygen atoms in total. The van der Waals surface area contributed by atoms with Crippen LogP contribution in [0.4, 0.5) is 11.4 Å². The number of carbonyl (C=O) groups is 2. The minimum atomic E-state index is -0.125. The Morgan fingerprint density at radius 1 is 1.16 bits per heavy atom. The molecule has 3 heterocycles. The van der Waals surface area contributed by atoms with Crippen molar-refractivity contribution in [3.05, 3.63) is 47.7 Å². The number of para-hydroxylation sites is 1. The lowest BCUT2D eigenvalue weighted by molar-refractivity contribution is -0.122. The molecule has 0 fully saturated rings. The van der Waals surface area contributed by atoms with Gasteiger partial charge in [-0.15, -0.1) is 0 Å². The standard InChI is InChI=1S/C19H19N3O3/c1-13-6-8-16-19(20-13)25-11-10-21(16)18(24)12-22-15-5-3-2-4-14(15)7-9-17(22)23/h2-6,8H,7,9-12H2,1H3. The largest absolute Gasteiger partial charge is 0.474 e. The Balaban J connectivity index is 1.60. The summed E-state index contributed by atoms with van der Waals surface area (Å²) in [7, 11) is 0. The number of hydrogen-bond acceptors (Lipinski definition) is 4. The number of benzene rings is 1. The summed E-state index contributed by atoms with van der Waals surface area (Å²) in [5.41, 5.74) is 3.45. The van der Waals surface area contributed by atoms with E-state index in [0.717, 1.165) is 23.4 Å². The minimum absolute atomic E-state index is 0.0115. The van der Waals surface area contributed by atoms with Crippen molar-refractivity contribution in [3.63, 3.8) is 0 Å². The molecule has 2 aliphatic heterocycles. The summed E-state index contributed by atoms with van der Waals surface area (Å²) < 4.78 is 5.57. The third-order valence-electron chi connectivity index (χ3n) is 4.61. The highest BCUT2D eigenvalue weighted by atomic mass is 16.5. The molecule has 1 aromatic carbocycles. The molecule has 0 bridgehead atoms. The summed E-state index contributed by atoms with van der Waals surface area (Å²) in [5.74, 6) is 0.341. The highest BCUT2D eigenvalue weighted by Gasteiger charge is 2.30. The highest BCUT2D eigenvalue weighted by Crippen LogP contribution is 2.31. The maximum Gasteiger partial charge on any atom is 0.247 e. The van der Waals surface area contributed by atoms with Crippen molar-refractivity contribution in [3.8, 4) is 5.88 Å². The molecule has 0 atom stereocenters. The first-order chi connectivity index (χ1) is 12.1. The van der Waals surface area contributed by atoms with Crippen molar-refractivity contribution >= 4 is 23.2 Å². The minimum Gasteiger partial charge on any atom is -0.474 e. The Morgan fingerprint density at radius 3 is 2.88 bits per heavy atom. The third kappa shape index (κ3) is 2.84. The topological polar surface area (TPSA) is 62.7 Å². The van der Waals surface area contributed by atoms with E-state index in [-0.39, 0.29) is 18.4 Å². The Morgan fingerprint density at radius 2 is 2.00 bits per heavy atom. The molecule has 2 aliphatic rings. The van der Waals surface area contributed by atoms with E-state index < -0.39 is 0 Å². The van der Waals surface area contributed by atoms with Crippen molar-refractivity contribution in [2.24, 2.45) is 0 Å². The number of rotatable bonds is 2. The predicted molar refractivity (Wildman–Crippen MR) is 93.9 cm³/mol. The number of amides is 2. The Hall–Kier alpha value is -2.89. The molecule has 0 unspecified atom stereocenters. The summed E-state index contributed by atoms with van der Waals surface area (Å²) >= 11 is 0. The highest BCUT2D eigenvalue weighted by molar-refractivity contribution is 6.05. The number of fused-ring (bicyclic) bond motifs is 2. The van der Waals surface area contributed by atoms with Gasteiger partial charge in [0.15, 0.2) is 0 Å². The van der Waals surface area contributed by atoms with Crippen molar-refractivity contribution in [2.45, 2.75) is 19.8 Å². The van der Waals surface area contributed by atoms with E-state index in [2.05, 4.69) is 4.98 Å². The third-order valence-corrected chi connectivity index (χ3v) is 4.61. The maximum absolute atomic E-state index is 12.9. The molecule has 2 aromatic rings. The molecule has 0 aliphatic carbocycles. The van der Waals surface area contributed by atoms with Crippen LogP contribution in [-0.2, 0) is 16.0 Å². The van der Waals surface area contributed by atoms with Crippen molar-refractivity contribution in [2.75, 3.05) is 29.5 Å². The first kappa shape index (κ1) is 15.6. The lowest BCUT2D eigenvalue weighted by Gasteiger charge is -2.33. The number of nitrogens with zero attached hydrogens (tertiary/aromatic N) is 3. The van der Waals surface area contributed by atoms with Gasteiger partial charge in [0.1, 0.15) is 18.8 Å². The average Bonchev–Trinajstić information content (AvgIpc) is 2.63. The zero-order valence-electron chi connectivity index (χ0n) is 14.1. The van der Waals surface area contributed by atoms with Gasteiger partial charge in [0.05, 0.1) is 6.54 Å². The molecule has 2 amide bonds. The normalized spacial score (nSPS) is 16.1. The summed E-state index contributed by atoms with van der Waals surface area (Å²) in [5, 5.41) is 0. The second-order valence-electron chi connectivity index (χ2n) is 6.28. The van der Waals surface area contributed by atoms with Gasteiger partial charge in [0.25, 0.3) is 0 Å². The van der Waals surface area contributed by atoms with Crippen molar-refractivity contribution in [1.82, 2.24) is 4.98 Å². The fraction of sp³-hybridized carbons (Fsp3) is 0.316. The first-order valence-corrected chi connectivity index (χ1v) is 8.42. The number of ether oxygens (including phenoxy) is 1. The zero-order chi connectivity index (χ0) is 17.4. The van der Waals surface area contributed by atoms with Crippen LogP contribution < -0.4 is 14.5 Å². The van der Waals surface area contributed by atoms with Crippen molar-refractivity contribution in [1.29, 1.82) is 0 Å². The molecule has 0 spiro atoms. The number of aryl methyl sites for hydroxylation is 2. The number of anilines is 2. The van der Waals surface area contributed by atoms with Gasteiger partial charge in [-0.05, 0) is 37.1 Å². The molecule has 0 saturated heterocycles. The smallest absolute Gasteiger partial charge is 0.247 e. The second-order valence-corrected chi connectivity index (χ2v) is 6.28. The molecular weight excluding hydrogens is 318 g/mol. The van der Waals surface area contributed by atoms with Gasteiger partial charge >= 0.3 is 0 Å². The van der Waals surface area contributed by atoms with E-state index in [1.165, 1.54) is 0 Å². The Bertz CT molecular complexity index is 850. The molecule has 0 radical (unpaired) electrons. The first-order valence-electron chi connectivity index (χ1n) is 8.42. The molecule has 4 rings (SSSR count). The molecule has 25 heavy (non-hydrogen) atoms. The summed E-state index contributed by atoms with van der Waals surface area (Å²) in [6.07, 6.45) is 1.16. The Kier molecular flexibility index (Phi) is 3.87. The van der Waals surface area contributed by atoms with Gasteiger partial charge in [0.2, 0.25) is 17.7 Å². The number of pyridine rings is 1. The van der Waals surface area contributed by atoms with Crippen LogP contribution in [0, 0.1) is 6.92 Å². The van der Waals surface area contributed by atoms with E-state index in [0.29, 0.717) is 31.1 Å². The number of hydrogen-bond donors (Lipinski definition) is 0. The fourth-order valence-electron chi connectivity index (χ4n) is 3.34.